The minimum Gasteiger partial charge on any atom is -0.488 e. The van der Waals surface area contributed by atoms with Crippen LogP contribution < -0.4 is 4.74 Å². The SMILES string of the molecule is CC1CCN(CC2Cc3cc(Br)ccc3O2)CC1O. The number of hydrogen-bond acceptors (Lipinski definition) is 3. The number of rotatable bonds is 2. The average molecular weight is 326 g/mol. The van der Waals surface area contributed by atoms with Crippen LogP contribution in [0.1, 0.15) is 18.9 Å². The topological polar surface area (TPSA) is 32.7 Å². The summed E-state index contributed by atoms with van der Waals surface area (Å²) in [6.07, 6.45) is 2.08. The lowest BCUT2D eigenvalue weighted by Gasteiger charge is -2.35. The maximum absolute atomic E-state index is 9.94. The fourth-order valence-corrected chi connectivity index (χ4v) is 3.37. The Hall–Kier alpha value is -0.580. The van der Waals surface area contributed by atoms with Gasteiger partial charge in [-0.1, -0.05) is 22.9 Å². The number of benzene rings is 1. The van der Waals surface area contributed by atoms with Gasteiger partial charge in [0.25, 0.3) is 0 Å². The number of fused-ring (bicyclic) bond motifs is 1. The van der Waals surface area contributed by atoms with E-state index < -0.39 is 0 Å². The fourth-order valence-electron chi connectivity index (χ4n) is 2.96. The molecule has 2 aliphatic rings. The maximum Gasteiger partial charge on any atom is 0.123 e. The third-order valence-corrected chi connectivity index (χ3v) is 4.72. The number of ether oxygens (including phenoxy) is 1. The molecule has 2 heterocycles. The van der Waals surface area contributed by atoms with E-state index in [9.17, 15) is 5.11 Å². The molecule has 3 nitrogen and oxygen atoms in total. The van der Waals surface area contributed by atoms with Crippen molar-refractivity contribution in [3.63, 3.8) is 0 Å². The van der Waals surface area contributed by atoms with E-state index in [4.69, 9.17) is 4.74 Å². The van der Waals surface area contributed by atoms with Gasteiger partial charge in [-0.3, -0.25) is 4.90 Å². The molecule has 1 aromatic carbocycles. The lowest BCUT2D eigenvalue weighted by atomic mass is 9.96. The Labute approximate surface area is 122 Å². The van der Waals surface area contributed by atoms with E-state index in [0.29, 0.717) is 5.92 Å². The van der Waals surface area contributed by atoms with Gasteiger partial charge in [0.1, 0.15) is 11.9 Å². The second kappa shape index (κ2) is 5.43. The van der Waals surface area contributed by atoms with Crippen LogP contribution in [0.5, 0.6) is 5.75 Å². The second-order valence-corrected chi connectivity index (χ2v) is 6.70. The zero-order valence-electron chi connectivity index (χ0n) is 11.2. The third-order valence-electron chi connectivity index (χ3n) is 4.23. The van der Waals surface area contributed by atoms with Crippen molar-refractivity contribution < 1.29 is 9.84 Å². The van der Waals surface area contributed by atoms with Gasteiger partial charge in [0.2, 0.25) is 0 Å². The maximum atomic E-state index is 9.94. The Morgan fingerprint density at radius 3 is 3.11 bits per heavy atom. The van der Waals surface area contributed by atoms with Crippen molar-refractivity contribution in [2.75, 3.05) is 19.6 Å². The van der Waals surface area contributed by atoms with Crippen molar-refractivity contribution in [3.8, 4) is 5.75 Å². The Morgan fingerprint density at radius 2 is 2.32 bits per heavy atom. The van der Waals surface area contributed by atoms with E-state index in [1.54, 1.807) is 0 Å². The van der Waals surface area contributed by atoms with Crippen molar-refractivity contribution in [2.24, 2.45) is 5.92 Å². The molecule has 0 amide bonds. The number of nitrogens with zero attached hydrogens (tertiary/aromatic N) is 1. The molecule has 0 bridgehead atoms. The first-order valence-electron chi connectivity index (χ1n) is 6.97. The molecule has 1 saturated heterocycles. The highest BCUT2D eigenvalue weighted by Gasteiger charge is 2.29. The highest BCUT2D eigenvalue weighted by Crippen LogP contribution is 2.31. The number of hydrogen-bond donors (Lipinski definition) is 1. The average Bonchev–Trinajstić information content (AvgIpc) is 2.75. The molecular weight excluding hydrogens is 306 g/mol. The van der Waals surface area contributed by atoms with E-state index in [1.165, 1.54) is 5.56 Å². The molecule has 0 aliphatic carbocycles. The highest BCUT2D eigenvalue weighted by molar-refractivity contribution is 9.10. The Morgan fingerprint density at radius 1 is 1.47 bits per heavy atom. The van der Waals surface area contributed by atoms with Crippen molar-refractivity contribution in [3.05, 3.63) is 28.2 Å². The van der Waals surface area contributed by atoms with Crippen molar-refractivity contribution in [1.29, 1.82) is 0 Å². The van der Waals surface area contributed by atoms with Gasteiger partial charge in [-0.15, -0.1) is 0 Å². The van der Waals surface area contributed by atoms with Gasteiger partial charge in [-0.2, -0.15) is 0 Å². The molecule has 1 N–H and O–H groups in total. The normalized spacial score (nSPS) is 31.0. The standard InChI is InChI=1S/C15H20BrNO2/c1-10-4-5-17(9-14(10)18)8-13-7-11-6-12(16)2-3-15(11)19-13/h2-3,6,10,13-14,18H,4-5,7-9H2,1H3. The predicted octanol–water partition coefficient (Wildman–Crippen LogP) is 2.46. The summed E-state index contributed by atoms with van der Waals surface area (Å²) in [5, 5.41) is 9.94. The molecule has 3 unspecified atom stereocenters. The highest BCUT2D eigenvalue weighted by atomic mass is 79.9. The number of likely N-dealkylation sites (tertiary alicyclic amines) is 1. The van der Waals surface area contributed by atoms with E-state index in [-0.39, 0.29) is 12.2 Å². The minimum atomic E-state index is -0.188. The minimum absolute atomic E-state index is 0.188. The summed E-state index contributed by atoms with van der Waals surface area (Å²) in [6, 6.07) is 6.20. The molecule has 19 heavy (non-hydrogen) atoms. The molecule has 1 fully saturated rings. The molecule has 2 aliphatic heterocycles. The van der Waals surface area contributed by atoms with Gasteiger partial charge in [-0.05, 0) is 42.6 Å². The van der Waals surface area contributed by atoms with E-state index in [2.05, 4.69) is 33.8 Å². The van der Waals surface area contributed by atoms with Gasteiger partial charge in [0, 0.05) is 24.0 Å². The summed E-state index contributed by atoms with van der Waals surface area (Å²) in [6.45, 7) is 4.89. The van der Waals surface area contributed by atoms with E-state index in [0.717, 1.165) is 42.7 Å². The number of piperidine rings is 1. The molecule has 0 saturated carbocycles. The number of aliphatic hydroxyl groups is 1. The van der Waals surface area contributed by atoms with Gasteiger partial charge in [0.05, 0.1) is 6.10 Å². The van der Waals surface area contributed by atoms with Crippen LogP contribution in [-0.4, -0.2) is 41.8 Å². The van der Waals surface area contributed by atoms with Gasteiger partial charge in [-0.25, -0.2) is 0 Å². The first-order chi connectivity index (χ1) is 9.11. The second-order valence-electron chi connectivity index (χ2n) is 5.79. The van der Waals surface area contributed by atoms with Crippen LogP contribution in [0.2, 0.25) is 0 Å². The van der Waals surface area contributed by atoms with Crippen LogP contribution >= 0.6 is 15.9 Å². The van der Waals surface area contributed by atoms with Crippen LogP contribution in [0.4, 0.5) is 0 Å². The lowest BCUT2D eigenvalue weighted by Crippen LogP contribution is -2.46. The third kappa shape index (κ3) is 2.96. The smallest absolute Gasteiger partial charge is 0.123 e. The Kier molecular flexibility index (Phi) is 3.83. The zero-order valence-corrected chi connectivity index (χ0v) is 12.8. The summed E-state index contributed by atoms with van der Waals surface area (Å²) in [7, 11) is 0. The number of aliphatic hydroxyl groups excluding tert-OH is 1. The first-order valence-corrected chi connectivity index (χ1v) is 7.76. The first kappa shape index (κ1) is 13.4. The van der Waals surface area contributed by atoms with E-state index in [1.807, 2.05) is 12.1 Å². The van der Waals surface area contributed by atoms with Gasteiger partial charge < -0.3 is 9.84 Å². The number of halogens is 1. The van der Waals surface area contributed by atoms with Crippen molar-refractivity contribution in [2.45, 2.75) is 32.0 Å². The largest absolute Gasteiger partial charge is 0.488 e. The fraction of sp³-hybridized carbons (Fsp3) is 0.600. The van der Waals surface area contributed by atoms with Crippen molar-refractivity contribution in [1.82, 2.24) is 4.90 Å². The molecular formula is C15H20BrNO2. The Bertz CT molecular complexity index is 465. The lowest BCUT2D eigenvalue weighted by molar-refractivity contribution is 0.0156. The summed E-state index contributed by atoms with van der Waals surface area (Å²) in [4.78, 5) is 2.33. The van der Waals surface area contributed by atoms with Gasteiger partial charge in [0.15, 0.2) is 0 Å². The predicted molar refractivity (Wildman–Crippen MR) is 78.5 cm³/mol. The van der Waals surface area contributed by atoms with Crippen LogP contribution in [-0.2, 0) is 6.42 Å². The van der Waals surface area contributed by atoms with Crippen LogP contribution in [0.25, 0.3) is 0 Å². The van der Waals surface area contributed by atoms with Gasteiger partial charge >= 0.3 is 0 Å². The molecule has 104 valence electrons. The molecule has 0 radical (unpaired) electrons. The molecule has 4 heteroatoms. The summed E-state index contributed by atoms with van der Waals surface area (Å²) in [5.41, 5.74) is 1.28. The van der Waals surface area contributed by atoms with Crippen LogP contribution in [0.3, 0.4) is 0 Å². The molecule has 1 aromatic rings. The summed E-state index contributed by atoms with van der Waals surface area (Å²) < 4.78 is 7.09. The molecule has 0 aromatic heterocycles. The van der Waals surface area contributed by atoms with Crippen LogP contribution in [0.15, 0.2) is 22.7 Å². The van der Waals surface area contributed by atoms with Crippen molar-refractivity contribution >= 4 is 15.9 Å². The zero-order chi connectivity index (χ0) is 13.4. The monoisotopic (exact) mass is 325 g/mol. The molecule has 3 rings (SSSR count). The Balaban J connectivity index is 1.59. The quantitative estimate of drug-likeness (QED) is 0.906. The number of β-amino-alcohol motifs (C(OH)–C–C–N with tert-alkyl or cyclic N) is 1. The summed E-state index contributed by atoms with van der Waals surface area (Å²) >= 11 is 3.50. The van der Waals surface area contributed by atoms with Crippen LogP contribution in [0, 0.1) is 5.92 Å². The summed E-state index contributed by atoms with van der Waals surface area (Å²) in [5.74, 6) is 1.44. The van der Waals surface area contributed by atoms with E-state index >= 15 is 0 Å². The molecule has 0 spiro atoms. The molecule has 3 atom stereocenters.